The maximum Gasteiger partial charge on any atom is 0.142 e. The van der Waals surface area contributed by atoms with Crippen LogP contribution in [0.15, 0.2) is 24.3 Å². The van der Waals surface area contributed by atoms with Crippen LogP contribution in [0.1, 0.15) is 26.2 Å². The van der Waals surface area contributed by atoms with Crippen LogP contribution in [0.2, 0.25) is 0 Å². The van der Waals surface area contributed by atoms with Gasteiger partial charge in [0.25, 0.3) is 0 Å². The summed E-state index contributed by atoms with van der Waals surface area (Å²) in [5.41, 5.74) is 5.80. The molecule has 2 rings (SSSR count). The van der Waals surface area contributed by atoms with Gasteiger partial charge in [0.1, 0.15) is 18.5 Å². The Morgan fingerprint density at radius 1 is 1.33 bits per heavy atom. The number of aliphatic hydroxyl groups is 2. The molecule has 2 atom stereocenters. The normalized spacial score (nSPS) is 25.3. The summed E-state index contributed by atoms with van der Waals surface area (Å²) in [6.45, 7) is 4.37. The summed E-state index contributed by atoms with van der Waals surface area (Å²) in [6.07, 6.45) is 1.95. The lowest BCUT2D eigenvalue weighted by atomic mass is 9.98. The van der Waals surface area contributed by atoms with Gasteiger partial charge in [-0.2, -0.15) is 0 Å². The molecule has 0 aliphatic carbocycles. The molecule has 1 aliphatic heterocycles. The first-order valence-electron chi connectivity index (χ1n) is 7.56. The van der Waals surface area contributed by atoms with Crippen LogP contribution in [0, 0.1) is 0 Å². The van der Waals surface area contributed by atoms with Gasteiger partial charge < -0.3 is 25.6 Å². The maximum atomic E-state index is 10.1. The maximum absolute atomic E-state index is 10.1. The Hall–Kier alpha value is -1.30. The average Bonchev–Trinajstić information content (AvgIpc) is 2.59. The van der Waals surface area contributed by atoms with E-state index in [4.69, 9.17) is 10.5 Å². The standard InChI is InChI=1S/C16H26N2O3/c1-16(20)7-4-9-18(10-8-16)11-13(19)12-21-15-6-3-2-5-14(15)17/h2-3,5-6,13,19-20H,4,7-12,17H2,1H3. The number of anilines is 1. The monoisotopic (exact) mass is 294 g/mol. The Labute approximate surface area is 126 Å². The lowest BCUT2D eigenvalue weighted by molar-refractivity contribution is 0.0388. The summed E-state index contributed by atoms with van der Waals surface area (Å²) in [4.78, 5) is 2.18. The highest BCUT2D eigenvalue weighted by atomic mass is 16.5. The number of para-hydroxylation sites is 2. The predicted octanol–water partition coefficient (Wildman–Crippen LogP) is 1.25. The predicted molar refractivity (Wildman–Crippen MR) is 83.3 cm³/mol. The molecule has 21 heavy (non-hydrogen) atoms. The number of hydrogen-bond acceptors (Lipinski definition) is 5. The van der Waals surface area contributed by atoms with Crippen molar-refractivity contribution in [2.24, 2.45) is 0 Å². The van der Waals surface area contributed by atoms with E-state index >= 15 is 0 Å². The minimum Gasteiger partial charge on any atom is -0.489 e. The van der Waals surface area contributed by atoms with Crippen LogP contribution in [0.4, 0.5) is 5.69 Å². The van der Waals surface area contributed by atoms with Gasteiger partial charge in [0, 0.05) is 13.1 Å². The SMILES string of the molecule is CC1(O)CCCN(CC(O)COc2ccccc2N)CC1. The summed E-state index contributed by atoms with van der Waals surface area (Å²) >= 11 is 0. The van der Waals surface area contributed by atoms with Crippen LogP contribution in [0.25, 0.3) is 0 Å². The number of ether oxygens (including phenoxy) is 1. The van der Waals surface area contributed by atoms with Crippen molar-refractivity contribution in [1.82, 2.24) is 4.90 Å². The van der Waals surface area contributed by atoms with Crippen LogP contribution in [0.5, 0.6) is 5.75 Å². The van der Waals surface area contributed by atoms with E-state index in [-0.39, 0.29) is 6.61 Å². The number of β-amino-alcohol motifs (C(OH)–C–C–N with tert-alkyl or cyclic N) is 1. The van der Waals surface area contributed by atoms with Crippen LogP contribution >= 0.6 is 0 Å². The summed E-state index contributed by atoms with van der Waals surface area (Å²) in [5.74, 6) is 0.607. The first-order valence-corrected chi connectivity index (χ1v) is 7.56. The van der Waals surface area contributed by atoms with Gasteiger partial charge in [0.05, 0.1) is 11.3 Å². The molecule has 0 bridgehead atoms. The third-order valence-corrected chi connectivity index (χ3v) is 3.98. The Morgan fingerprint density at radius 2 is 2.10 bits per heavy atom. The van der Waals surface area contributed by atoms with Gasteiger partial charge in [0.2, 0.25) is 0 Å². The number of nitrogens with zero attached hydrogens (tertiary/aromatic N) is 1. The molecule has 118 valence electrons. The van der Waals surface area contributed by atoms with Crippen molar-refractivity contribution in [3.05, 3.63) is 24.3 Å². The fraction of sp³-hybridized carbons (Fsp3) is 0.625. The first-order chi connectivity index (χ1) is 9.96. The fourth-order valence-corrected chi connectivity index (χ4v) is 2.65. The zero-order valence-corrected chi connectivity index (χ0v) is 12.7. The second kappa shape index (κ2) is 7.11. The lowest BCUT2D eigenvalue weighted by Crippen LogP contribution is -2.37. The van der Waals surface area contributed by atoms with Gasteiger partial charge in [-0.15, -0.1) is 0 Å². The molecule has 2 unspecified atom stereocenters. The molecule has 5 heteroatoms. The molecule has 0 aromatic heterocycles. The van der Waals surface area contributed by atoms with Crippen LogP contribution < -0.4 is 10.5 Å². The molecule has 5 nitrogen and oxygen atoms in total. The molecule has 1 fully saturated rings. The molecule has 1 aliphatic rings. The van der Waals surface area contributed by atoms with Crippen molar-refractivity contribution in [2.75, 3.05) is 32.0 Å². The highest BCUT2D eigenvalue weighted by Gasteiger charge is 2.25. The number of nitrogens with two attached hydrogens (primary N) is 1. The lowest BCUT2D eigenvalue weighted by Gasteiger charge is -2.24. The highest BCUT2D eigenvalue weighted by Crippen LogP contribution is 2.22. The smallest absolute Gasteiger partial charge is 0.142 e. The number of hydrogen-bond donors (Lipinski definition) is 3. The summed E-state index contributed by atoms with van der Waals surface area (Å²) < 4.78 is 5.56. The van der Waals surface area contributed by atoms with Crippen LogP contribution in [-0.2, 0) is 0 Å². The van der Waals surface area contributed by atoms with E-state index < -0.39 is 11.7 Å². The fourth-order valence-electron chi connectivity index (χ4n) is 2.65. The summed E-state index contributed by atoms with van der Waals surface area (Å²) in [7, 11) is 0. The quantitative estimate of drug-likeness (QED) is 0.712. The zero-order valence-electron chi connectivity index (χ0n) is 12.7. The topological polar surface area (TPSA) is 79.0 Å². The highest BCUT2D eigenvalue weighted by molar-refractivity contribution is 5.51. The number of likely N-dealkylation sites (tertiary alicyclic amines) is 1. The molecule has 0 spiro atoms. The van der Waals surface area contributed by atoms with Crippen molar-refractivity contribution >= 4 is 5.69 Å². The minimum absolute atomic E-state index is 0.223. The first kappa shape index (κ1) is 16.1. The summed E-state index contributed by atoms with van der Waals surface area (Å²) in [5, 5.41) is 20.2. The molecule has 4 N–H and O–H groups in total. The number of aliphatic hydroxyl groups excluding tert-OH is 1. The van der Waals surface area contributed by atoms with E-state index in [2.05, 4.69) is 4.90 Å². The third-order valence-electron chi connectivity index (χ3n) is 3.98. The van der Waals surface area contributed by atoms with E-state index in [0.29, 0.717) is 18.0 Å². The zero-order chi connectivity index (χ0) is 15.3. The van der Waals surface area contributed by atoms with Crippen molar-refractivity contribution in [3.8, 4) is 5.75 Å². The second-order valence-corrected chi connectivity index (χ2v) is 6.15. The Bertz CT molecular complexity index is 451. The van der Waals surface area contributed by atoms with E-state index in [1.165, 1.54) is 0 Å². The molecule has 1 aromatic rings. The van der Waals surface area contributed by atoms with Gasteiger partial charge >= 0.3 is 0 Å². The molecule has 0 saturated carbocycles. The number of benzene rings is 1. The third kappa shape index (κ3) is 5.19. The van der Waals surface area contributed by atoms with E-state index in [1.807, 2.05) is 19.1 Å². The molecule has 0 amide bonds. The van der Waals surface area contributed by atoms with E-state index in [0.717, 1.165) is 32.4 Å². The number of nitrogen functional groups attached to an aromatic ring is 1. The Kier molecular flexibility index (Phi) is 5.45. The van der Waals surface area contributed by atoms with E-state index in [1.54, 1.807) is 12.1 Å². The molecule has 1 aromatic carbocycles. The Morgan fingerprint density at radius 3 is 2.86 bits per heavy atom. The van der Waals surface area contributed by atoms with Gasteiger partial charge in [-0.05, 0) is 44.9 Å². The van der Waals surface area contributed by atoms with Crippen molar-refractivity contribution in [1.29, 1.82) is 0 Å². The van der Waals surface area contributed by atoms with E-state index in [9.17, 15) is 10.2 Å². The molecule has 1 heterocycles. The van der Waals surface area contributed by atoms with Gasteiger partial charge in [-0.25, -0.2) is 0 Å². The van der Waals surface area contributed by atoms with Gasteiger partial charge in [-0.3, -0.25) is 0 Å². The largest absolute Gasteiger partial charge is 0.489 e. The minimum atomic E-state index is -0.575. The van der Waals surface area contributed by atoms with Crippen molar-refractivity contribution < 1.29 is 14.9 Å². The van der Waals surface area contributed by atoms with Crippen molar-refractivity contribution in [2.45, 2.75) is 37.9 Å². The van der Waals surface area contributed by atoms with Gasteiger partial charge in [-0.1, -0.05) is 12.1 Å². The molecule has 1 saturated heterocycles. The second-order valence-electron chi connectivity index (χ2n) is 6.15. The molecule has 0 radical (unpaired) electrons. The van der Waals surface area contributed by atoms with Gasteiger partial charge in [0.15, 0.2) is 0 Å². The van der Waals surface area contributed by atoms with Crippen molar-refractivity contribution in [3.63, 3.8) is 0 Å². The average molecular weight is 294 g/mol. The molecular formula is C16H26N2O3. The Balaban J connectivity index is 1.77. The summed E-state index contributed by atoms with van der Waals surface area (Å²) in [6, 6.07) is 7.28. The number of rotatable bonds is 5. The van der Waals surface area contributed by atoms with Crippen LogP contribution in [-0.4, -0.2) is 53.1 Å². The molecular weight excluding hydrogens is 268 g/mol. The van der Waals surface area contributed by atoms with Crippen LogP contribution in [0.3, 0.4) is 0 Å².